The van der Waals surface area contributed by atoms with Crippen LogP contribution in [0.25, 0.3) is 0 Å². The number of rotatable bonds is 5. The second-order valence-corrected chi connectivity index (χ2v) is 5.49. The topological polar surface area (TPSA) is 53.6 Å². The molecule has 0 saturated heterocycles. The van der Waals surface area contributed by atoms with Crippen LogP contribution in [0, 0.1) is 0 Å². The van der Waals surface area contributed by atoms with E-state index in [0.29, 0.717) is 12.0 Å². The van der Waals surface area contributed by atoms with Gasteiger partial charge in [-0.1, -0.05) is 23.7 Å². The normalized spacial score (nSPS) is 22.2. The van der Waals surface area contributed by atoms with Crippen molar-refractivity contribution in [2.45, 2.75) is 31.2 Å². The maximum atomic E-state index is 6.02. The molecular weight excluding hydrogens is 260 g/mol. The fourth-order valence-electron chi connectivity index (χ4n) is 2.56. The summed E-state index contributed by atoms with van der Waals surface area (Å²) in [4.78, 5) is 4.11. The zero-order valence-electron chi connectivity index (χ0n) is 10.6. The molecule has 2 aromatic rings. The van der Waals surface area contributed by atoms with Gasteiger partial charge in [-0.3, -0.25) is 5.10 Å². The molecular formula is C14H17ClN4. The quantitative estimate of drug-likeness (QED) is 0.882. The van der Waals surface area contributed by atoms with Gasteiger partial charge in [0, 0.05) is 24.0 Å². The highest BCUT2D eigenvalue weighted by atomic mass is 35.5. The first-order valence-electron chi connectivity index (χ1n) is 6.64. The summed E-state index contributed by atoms with van der Waals surface area (Å²) in [6.07, 6.45) is 4.83. The van der Waals surface area contributed by atoms with Gasteiger partial charge in [0.1, 0.15) is 12.2 Å². The minimum Gasteiger partial charge on any atom is -0.313 e. The molecule has 19 heavy (non-hydrogen) atoms. The van der Waals surface area contributed by atoms with E-state index >= 15 is 0 Å². The Morgan fingerprint density at radius 2 is 2.26 bits per heavy atom. The molecule has 0 bridgehead atoms. The van der Waals surface area contributed by atoms with Crippen LogP contribution in [0.3, 0.4) is 0 Å². The molecule has 0 unspecified atom stereocenters. The van der Waals surface area contributed by atoms with E-state index in [0.717, 1.165) is 23.8 Å². The van der Waals surface area contributed by atoms with E-state index in [1.807, 2.05) is 12.1 Å². The van der Waals surface area contributed by atoms with Gasteiger partial charge in [-0.25, -0.2) is 4.98 Å². The summed E-state index contributed by atoms with van der Waals surface area (Å²) in [6, 6.07) is 8.82. The van der Waals surface area contributed by atoms with Crippen LogP contribution >= 0.6 is 11.6 Å². The molecule has 0 aliphatic heterocycles. The molecule has 3 rings (SSSR count). The Morgan fingerprint density at radius 1 is 1.37 bits per heavy atom. The molecule has 1 aromatic heterocycles. The van der Waals surface area contributed by atoms with E-state index < -0.39 is 0 Å². The maximum absolute atomic E-state index is 6.02. The van der Waals surface area contributed by atoms with Crippen molar-refractivity contribution in [3.05, 3.63) is 47.0 Å². The second kappa shape index (κ2) is 5.72. The minimum atomic E-state index is 0.618. The molecule has 0 amide bonds. The number of benzene rings is 1. The molecule has 0 atom stereocenters. The lowest BCUT2D eigenvalue weighted by atomic mass is 9.76. The van der Waals surface area contributed by atoms with Crippen molar-refractivity contribution in [2.75, 3.05) is 6.54 Å². The molecule has 4 nitrogen and oxygen atoms in total. The summed E-state index contributed by atoms with van der Waals surface area (Å²) in [7, 11) is 0. The van der Waals surface area contributed by atoms with Crippen molar-refractivity contribution in [1.82, 2.24) is 20.5 Å². The van der Waals surface area contributed by atoms with Gasteiger partial charge in [0.05, 0.1) is 0 Å². The number of hydrogen-bond acceptors (Lipinski definition) is 3. The average molecular weight is 277 g/mol. The molecule has 1 aliphatic rings. The highest BCUT2D eigenvalue weighted by Crippen LogP contribution is 2.37. The van der Waals surface area contributed by atoms with E-state index in [2.05, 4.69) is 32.6 Å². The monoisotopic (exact) mass is 276 g/mol. The van der Waals surface area contributed by atoms with Crippen molar-refractivity contribution >= 4 is 11.6 Å². The van der Waals surface area contributed by atoms with Crippen LogP contribution in [0.5, 0.6) is 0 Å². The Labute approximate surface area is 117 Å². The van der Waals surface area contributed by atoms with Gasteiger partial charge in [0.15, 0.2) is 0 Å². The molecule has 5 heteroatoms. The van der Waals surface area contributed by atoms with Crippen LogP contribution in [0.15, 0.2) is 30.6 Å². The lowest BCUT2D eigenvalue weighted by molar-refractivity contribution is 0.292. The minimum absolute atomic E-state index is 0.618. The van der Waals surface area contributed by atoms with Crippen molar-refractivity contribution in [3.63, 3.8) is 0 Å². The van der Waals surface area contributed by atoms with Crippen LogP contribution < -0.4 is 5.32 Å². The molecule has 1 aliphatic carbocycles. The zero-order chi connectivity index (χ0) is 13.1. The molecule has 100 valence electrons. The number of hydrogen-bond donors (Lipinski definition) is 2. The number of H-pyrrole nitrogens is 1. The van der Waals surface area contributed by atoms with Crippen molar-refractivity contribution in [2.24, 2.45) is 0 Å². The van der Waals surface area contributed by atoms with E-state index in [1.54, 1.807) is 6.33 Å². The summed E-state index contributed by atoms with van der Waals surface area (Å²) in [5, 5.41) is 11.1. The molecule has 0 radical (unpaired) electrons. The van der Waals surface area contributed by atoms with Crippen LogP contribution in [0.1, 0.15) is 30.1 Å². The van der Waals surface area contributed by atoms with Crippen LogP contribution in [-0.2, 0) is 6.42 Å². The van der Waals surface area contributed by atoms with Gasteiger partial charge >= 0.3 is 0 Å². The van der Waals surface area contributed by atoms with Crippen LogP contribution in [0.2, 0.25) is 5.02 Å². The highest BCUT2D eigenvalue weighted by Gasteiger charge is 2.29. The maximum Gasteiger partial charge on any atom is 0.137 e. The average Bonchev–Trinajstić information content (AvgIpc) is 2.85. The standard InChI is InChI=1S/C14H17ClN4/c15-12-3-1-2-10(6-12)11-7-13(8-11)16-5-4-14-17-9-18-19-14/h1-3,6,9,11,13,16H,4-5,7-8H2,(H,17,18,19). The Morgan fingerprint density at radius 3 is 3.00 bits per heavy atom. The van der Waals surface area contributed by atoms with Crippen LogP contribution in [-0.4, -0.2) is 27.8 Å². The summed E-state index contributed by atoms with van der Waals surface area (Å²) in [5.74, 6) is 1.60. The Balaban J connectivity index is 1.41. The lowest BCUT2D eigenvalue weighted by Gasteiger charge is -2.36. The van der Waals surface area contributed by atoms with Crippen molar-refractivity contribution in [3.8, 4) is 0 Å². The third-order valence-corrected chi connectivity index (χ3v) is 3.95. The Hall–Kier alpha value is -1.39. The fourth-order valence-corrected chi connectivity index (χ4v) is 2.76. The van der Waals surface area contributed by atoms with Crippen molar-refractivity contribution < 1.29 is 0 Å². The molecule has 1 saturated carbocycles. The predicted molar refractivity (Wildman–Crippen MR) is 75.3 cm³/mol. The summed E-state index contributed by atoms with van der Waals surface area (Å²) in [6.45, 7) is 0.947. The number of halogens is 1. The Bertz CT molecular complexity index is 520. The number of nitrogens with one attached hydrogen (secondary N) is 2. The van der Waals surface area contributed by atoms with Gasteiger partial charge < -0.3 is 5.32 Å². The molecule has 2 N–H and O–H groups in total. The zero-order valence-corrected chi connectivity index (χ0v) is 11.4. The van der Waals surface area contributed by atoms with Gasteiger partial charge in [-0.05, 0) is 36.5 Å². The molecule has 0 spiro atoms. The second-order valence-electron chi connectivity index (χ2n) is 5.06. The fraction of sp³-hybridized carbons (Fsp3) is 0.429. The molecule has 1 heterocycles. The summed E-state index contributed by atoms with van der Waals surface area (Å²) >= 11 is 6.02. The SMILES string of the molecule is Clc1cccc(C2CC(NCCc3ncn[nH]3)C2)c1. The lowest BCUT2D eigenvalue weighted by Crippen LogP contribution is -2.41. The summed E-state index contributed by atoms with van der Waals surface area (Å²) in [5.41, 5.74) is 1.36. The first kappa shape index (κ1) is 12.6. The highest BCUT2D eigenvalue weighted by molar-refractivity contribution is 6.30. The van der Waals surface area contributed by atoms with Gasteiger partial charge in [0.2, 0.25) is 0 Å². The number of nitrogens with zero attached hydrogens (tertiary/aromatic N) is 2. The van der Waals surface area contributed by atoms with E-state index in [-0.39, 0.29) is 0 Å². The van der Waals surface area contributed by atoms with Gasteiger partial charge in [0.25, 0.3) is 0 Å². The van der Waals surface area contributed by atoms with Crippen molar-refractivity contribution in [1.29, 1.82) is 0 Å². The number of aromatic nitrogens is 3. The van der Waals surface area contributed by atoms with Gasteiger partial charge in [-0.15, -0.1) is 0 Å². The van der Waals surface area contributed by atoms with Crippen LogP contribution in [0.4, 0.5) is 0 Å². The largest absolute Gasteiger partial charge is 0.313 e. The summed E-state index contributed by atoms with van der Waals surface area (Å²) < 4.78 is 0. The van der Waals surface area contributed by atoms with E-state index in [1.165, 1.54) is 18.4 Å². The number of aromatic amines is 1. The first-order chi connectivity index (χ1) is 9.31. The molecule has 1 aromatic carbocycles. The third kappa shape index (κ3) is 3.14. The van der Waals surface area contributed by atoms with E-state index in [9.17, 15) is 0 Å². The smallest absolute Gasteiger partial charge is 0.137 e. The van der Waals surface area contributed by atoms with E-state index in [4.69, 9.17) is 11.6 Å². The molecule has 1 fully saturated rings. The Kier molecular flexibility index (Phi) is 3.80. The first-order valence-corrected chi connectivity index (χ1v) is 7.02. The predicted octanol–water partition coefficient (Wildman–Crippen LogP) is 2.54. The van der Waals surface area contributed by atoms with Gasteiger partial charge in [-0.2, -0.15) is 5.10 Å². The third-order valence-electron chi connectivity index (χ3n) is 3.72.